The molecule has 1 atom stereocenters. The Hall–Kier alpha value is -2.55. The lowest BCUT2D eigenvalue weighted by Gasteiger charge is -2.21. The van der Waals surface area contributed by atoms with Gasteiger partial charge in [-0.15, -0.1) is 0 Å². The maximum absolute atomic E-state index is 12.6. The van der Waals surface area contributed by atoms with Gasteiger partial charge in [-0.1, -0.05) is 32.6 Å². The number of carbonyl (C=O) groups excluding carboxylic acids is 2. The number of nitriles is 1. The first-order valence-electron chi connectivity index (χ1n) is 8.77. The van der Waals surface area contributed by atoms with Crippen LogP contribution in [0.3, 0.4) is 0 Å². The Bertz CT molecular complexity index is 651. The SMILES string of the molecule is CCCCCCC1(C)NC(=O)N(CCOc2ccc(C#N)cc2)C1=O. The van der Waals surface area contributed by atoms with Gasteiger partial charge in [-0.05, 0) is 37.6 Å². The number of benzene rings is 1. The summed E-state index contributed by atoms with van der Waals surface area (Å²) in [4.78, 5) is 25.9. The van der Waals surface area contributed by atoms with Crippen LogP contribution in [0.2, 0.25) is 0 Å². The number of imide groups is 1. The Morgan fingerprint density at radius 2 is 1.92 bits per heavy atom. The predicted molar refractivity (Wildman–Crippen MR) is 94.1 cm³/mol. The van der Waals surface area contributed by atoms with Gasteiger partial charge >= 0.3 is 6.03 Å². The molecule has 0 bridgehead atoms. The number of amides is 3. The standard InChI is InChI=1S/C19H25N3O3/c1-3-4-5-6-11-19(2)17(23)22(18(24)21-19)12-13-25-16-9-7-15(14-20)8-10-16/h7-10H,3-6,11-13H2,1-2H3,(H,21,24). The Labute approximate surface area is 148 Å². The van der Waals surface area contributed by atoms with Gasteiger partial charge in [-0.2, -0.15) is 5.26 Å². The molecule has 2 rings (SSSR count). The molecule has 1 N–H and O–H groups in total. The second kappa shape index (κ2) is 8.52. The van der Waals surface area contributed by atoms with Crippen molar-refractivity contribution in [1.29, 1.82) is 5.26 Å². The van der Waals surface area contributed by atoms with Crippen molar-refractivity contribution >= 4 is 11.9 Å². The van der Waals surface area contributed by atoms with E-state index in [1.54, 1.807) is 31.2 Å². The summed E-state index contributed by atoms with van der Waals surface area (Å²) >= 11 is 0. The van der Waals surface area contributed by atoms with E-state index in [2.05, 4.69) is 12.2 Å². The van der Waals surface area contributed by atoms with Crippen molar-refractivity contribution in [2.24, 2.45) is 0 Å². The van der Waals surface area contributed by atoms with Crippen molar-refractivity contribution in [3.8, 4) is 11.8 Å². The Morgan fingerprint density at radius 1 is 1.20 bits per heavy atom. The molecule has 1 aromatic carbocycles. The van der Waals surface area contributed by atoms with Crippen LogP contribution in [0.5, 0.6) is 5.75 Å². The first kappa shape index (κ1) is 18.8. The van der Waals surface area contributed by atoms with Crippen LogP contribution in [0, 0.1) is 11.3 Å². The van der Waals surface area contributed by atoms with E-state index in [4.69, 9.17) is 10.00 Å². The van der Waals surface area contributed by atoms with Gasteiger partial charge in [0.2, 0.25) is 0 Å². The molecule has 0 radical (unpaired) electrons. The van der Waals surface area contributed by atoms with Gasteiger partial charge in [-0.3, -0.25) is 9.69 Å². The number of urea groups is 1. The van der Waals surface area contributed by atoms with E-state index in [0.29, 0.717) is 17.7 Å². The molecular weight excluding hydrogens is 318 g/mol. The molecule has 0 aliphatic carbocycles. The predicted octanol–water partition coefficient (Wildman–Crippen LogP) is 3.22. The quantitative estimate of drug-likeness (QED) is 0.551. The van der Waals surface area contributed by atoms with Gasteiger partial charge in [0.25, 0.3) is 5.91 Å². The third-order valence-electron chi connectivity index (χ3n) is 4.44. The van der Waals surface area contributed by atoms with Crippen molar-refractivity contribution in [2.45, 2.75) is 51.5 Å². The molecule has 1 aliphatic heterocycles. The summed E-state index contributed by atoms with van der Waals surface area (Å²) in [7, 11) is 0. The van der Waals surface area contributed by atoms with E-state index in [-0.39, 0.29) is 25.1 Å². The Balaban J connectivity index is 1.84. The van der Waals surface area contributed by atoms with Crippen LogP contribution in [0.25, 0.3) is 0 Å². The molecule has 1 unspecified atom stereocenters. The number of hydrogen-bond acceptors (Lipinski definition) is 4. The van der Waals surface area contributed by atoms with E-state index in [9.17, 15) is 9.59 Å². The highest BCUT2D eigenvalue weighted by atomic mass is 16.5. The Kier molecular flexibility index (Phi) is 6.40. The minimum Gasteiger partial charge on any atom is -0.492 e. The second-order valence-electron chi connectivity index (χ2n) is 6.51. The lowest BCUT2D eigenvalue weighted by molar-refractivity contribution is -0.131. The van der Waals surface area contributed by atoms with Crippen LogP contribution in [0.1, 0.15) is 51.5 Å². The lowest BCUT2D eigenvalue weighted by atomic mass is 9.94. The summed E-state index contributed by atoms with van der Waals surface area (Å²) in [6, 6.07) is 8.40. The molecule has 6 nitrogen and oxygen atoms in total. The summed E-state index contributed by atoms with van der Waals surface area (Å²) in [5.74, 6) is 0.422. The molecule has 1 heterocycles. The van der Waals surface area contributed by atoms with E-state index < -0.39 is 5.54 Å². The maximum atomic E-state index is 12.6. The molecule has 0 spiro atoms. The number of ether oxygens (including phenoxy) is 1. The average molecular weight is 343 g/mol. The first-order valence-corrected chi connectivity index (χ1v) is 8.77. The first-order chi connectivity index (χ1) is 12.0. The van der Waals surface area contributed by atoms with Gasteiger partial charge in [0.05, 0.1) is 18.2 Å². The van der Waals surface area contributed by atoms with E-state index >= 15 is 0 Å². The van der Waals surface area contributed by atoms with Crippen LogP contribution in [0.4, 0.5) is 4.79 Å². The largest absolute Gasteiger partial charge is 0.492 e. The monoisotopic (exact) mass is 343 g/mol. The van der Waals surface area contributed by atoms with E-state index in [1.807, 2.05) is 6.07 Å². The molecule has 1 saturated heterocycles. The maximum Gasteiger partial charge on any atom is 0.325 e. The van der Waals surface area contributed by atoms with Crippen LogP contribution < -0.4 is 10.1 Å². The molecule has 0 saturated carbocycles. The van der Waals surface area contributed by atoms with Gasteiger partial charge in [0, 0.05) is 0 Å². The fraction of sp³-hybridized carbons (Fsp3) is 0.526. The lowest BCUT2D eigenvalue weighted by Crippen LogP contribution is -2.44. The van der Waals surface area contributed by atoms with Crippen molar-refractivity contribution in [2.75, 3.05) is 13.2 Å². The minimum atomic E-state index is -0.806. The zero-order valence-electron chi connectivity index (χ0n) is 14.9. The number of carbonyl (C=O) groups is 2. The number of hydrogen-bond donors (Lipinski definition) is 1. The molecule has 134 valence electrons. The summed E-state index contributed by atoms with van der Waals surface area (Å²) in [6.07, 6.45) is 4.92. The topological polar surface area (TPSA) is 82.4 Å². The number of nitrogens with zero attached hydrogens (tertiary/aromatic N) is 2. The number of rotatable bonds is 9. The normalized spacial score (nSPS) is 19.6. The molecule has 3 amide bonds. The summed E-state index contributed by atoms with van der Waals surface area (Å²) in [6.45, 7) is 4.35. The van der Waals surface area contributed by atoms with Gasteiger partial charge in [-0.25, -0.2) is 4.79 Å². The van der Waals surface area contributed by atoms with Gasteiger partial charge in [0.1, 0.15) is 17.9 Å². The smallest absolute Gasteiger partial charge is 0.325 e. The van der Waals surface area contributed by atoms with Crippen LogP contribution >= 0.6 is 0 Å². The van der Waals surface area contributed by atoms with Crippen molar-refractivity contribution < 1.29 is 14.3 Å². The molecule has 6 heteroatoms. The molecule has 1 aliphatic rings. The number of unbranched alkanes of at least 4 members (excludes halogenated alkanes) is 3. The van der Waals surface area contributed by atoms with Crippen LogP contribution in [0.15, 0.2) is 24.3 Å². The highest BCUT2D eigenvalue weighted by Gasteiger charge is 2.46. The van der Waals surface area contributed by atoms with Crippen LogP contribution in [-0.4, -0.2) is 35.5 Å². The molecule has 1 aromatic rings. The summed E-state index contributed by atoms with van der Waals surface area (Å²) < 4.78 is 5.56. The molecule has 1 fully saturated rings. The fourth-order valence-corrected chi connectivity index (χ4v) is 2.91. The molecule has 0 aromatic heterocycles. The van der Waals surface area contributed by atoms with Gasteiger partial charge < -0.3 is 10.1 Å². The fourth-order valence-electron chi connectivity index (χ4n) is 2.91. The van der Waals surface area contributed by atoms with E-state index in [1.165, 1.54) is 4.90 Å². The molecule has 25 heavy (non-hydrogen) atoms. The minimum absolute atomic E-state index is 0.183. The van der Waals surface area contributed by atoms with Crippen molar-refractivity contribution in [3.63, 3.8) is 0 Å². The number of nitrogens with one attached hydrogen (secondary N) is 1. The van der Waals surface area contributed by atoms with E-state index in [0.717, 1.165) is 25.7 Å². The summed E-state index contributed by atoms with van der Waals surface area (Å²) in [5, 5.41) is 11.6. The zero-order valence-corrected chi connectivity index (χ0v) is 14.9. The zero-order chi connectivity index (χ0) is 18.3. The average Bonchev–Trinajstić information content (AvgIpc) is 2.82. The van der Waals surface area contributed by atoms with Crippen LogP contribution in [-0.2, 0) is 4.79 Å². The highest BCUT2D eigenvalue weighted by molar-refractivity contribution is 6.06. The third-order valence-corrected chi connectivity index (χ3v) is 4.44. The second-order valence-corrected chi connectivity index (χ2v) is 6.51. The third kappa shape index (κ3) is 4.72. The highest BCUT2D eigenvalue weighted by Crippen LogP contribution is 2.24. The van der Waals surface area contributed by atoms with Gasteiger partial charge in [0.15, 0.2) is 0 Å². The van der Waals surface area contributed by atoms with Crippen molar-refractivity contribution in [3.05, 3.63) is 29.8 Å². The summed E-state index contributed by atoms with van der Waals surface area (Å²) in [5.41, 5.74) is -0.250. The van der Waals surface area contributed by atoms with Crippen molar-refractivity contribution in [1.82, 2.24) is 10.2 Å². The Morgan fingerprint density at radius 3 is 2.56 bits per heavy atom. The molecular formula is C19H25N3O3.